The summed E-state index contributed by atoms with van der Waals surface area (Å²) >= 11 is 0. The molecule has 0 atom stereocenters. The van der Waals surface area contributed by atoms with Gasteiger partial charge in [-0.2, -0.15) is 0 Å². The minimum absolute atomic E-state index is 1.12. The lowest BCUT2D eigenvalue weighted by molar-refractivity contribution is 1.17. The van der Waals surface area contributed by atoms with Gasteiger partial charge in [-0.25, -0.2) is 0 Å². The molecular formula is C23H17N3. The third-order valence-corrected chi connectivity index (χ3v) is 4.88. The second-order valence-electron chi connectivity index (χ2n) is 6.53. The fourth-order valence-corrected chi connectivity index (χ4v) is 3.54. The molecule has 5 rings (SSSR count). The van der Waals surface area contributed by atoms with E-state index in [2.05, 4.69) is 82.1 Å². The van der Waals surface area contributed by atoms with Crippen molar-refractivity contribution in [1.29, 1.82) is 0 Å². The Hall–Kier alpha value is -3.46. The molecule has 3 heterocycles. The van der Waals surface area contributed by atoms with Crippen molar-refractivity contribution in [2.24, 2.45) is 0 Å². The van der Waals surface area contributed by atoms with E-state index in [0.29, 0.717) is 0 Å². The van der Waals surface area contributed by atoms with Crippen LogP contribution in [0.25, 0.3) is 38.6 Å². The molecule has 0 spiro atoms. The standard InChI is InChI=1S/C23H17N3/c1-16-2-4-17(5-3-16)18-6-8-19(9-7-18)26-22-10-12-24-14-20(22)21-15-25-13-11-23(21)26/h2-15H,1H3. The molecule has 3 heteroatoms. The van der Waals surface area contributed by atoms with Gasteiger partial charge in [-0.05, 0) is 42.3 Å². The minimum atomic E-state index is 1.12. The van der Waals surface area contributed by atoms with Gasteiger partial charge in [-0.15, -0.1) is 0 Å². The van der Waals surface area contributed by atoms with Gasteiger partial charge in [0.25, 0.3) is 0 Å². The first-order valence-electron chi connectivity index (χ1n) is 8.67. The highest BCUT2D eigenvalue weighted by atomic mass is 15.0. The maximum atomic E-state index is 4.29. The van der Waals surface area contributed by atoms with E-state index in [-0.39, 0.29) is 0 Å². The van der Waals surface area contributed by atoms with Crippen LogP contribution in [-0.2, 0) is 0 Å². The Labute approximate surface area is 151 Å². The molecular weight excluding hydrogens is 318 g/mol. The number of hydrogen-bond acceptors (Lipinski definition) is 2. The molecule has 3 nitrogen and oxygen atoms in total. The Morgan fingerprint density at radius 1 is 0.615 bits per heavy atom. The van der Waals surface area contributed by atoms with E-state index >= 15 is 0 Å². The van der Waals surface area contributed by atoms with E-state index in [1.165, 1.54) is 16.7 Å². The molecule has 0 radical (unpaired) electrons. The van der Waals surface area contributed by atoms with Gasteiger partial charge in [0, 0.05) is 41.2 Å². The molecule has 5 aromatic rings. The van der Waals surface area contributed by atoms with E-state index in [1.54, 1.807) is 0 Å². The molecule has 2 aromatic carbocycles. The second kappa shape index (κ2) is 5.81. The fraction of sp³-hybridized carbons (Fsp3) is 0.0435. The third-order valence-electron chi connectivity index (χ3n) is 4.88. The molecule has 26 heavy (non-hydrogen) atoms. The summed E-state index contributed by atoms with van der Waals surface area (Å²) in [5.41, 5.74) is 7.16. The number of aryl methyl sites for hydroxylation is 1. The number of nitrogens with zero attached hydrogens (tertiary/aromatic N) is 3. The van der Waals surface area contributed by atoms with Crippen LogP contribution in [0, 0.1) is 6.92 Å². The van der Waals surface area contributed by atoms with Crippen LogP contribution in [0.5, 0.6) is 0 Å². The van der Waals surface area contributed by atoms with Crippen molar-refractivity contribution in [3.05, 3.63) is 91.0 Å². The lowest BCUT2D eigenvalue weighted by Gasteiger charge is -2.09. The van der Waals surface area contributed by atoms with Crippen LogP contribution in [0.2, 0.25) is 0 Å². The van der Waals surface area contributed by atoms with Crippen molar-refractivity contribution in [2.45, 2.75) is 6.92 Å². The molecule has 0 aliphatic heterocycles. The van der Waals surface area contributed by atoms with Gasteiger partial charge in [0.1, 0.15) is 0 Å². The number of hydrogen-bond donors (Lipinski definition) is 0. The van der Waals surface area contributed by atoms with Crippen LogP contribution in [0.1, 0.15) is 5.56 Å². The van der Waals surface area contributed by atoms with Crippen molar-refractivity contribution < 1.29 is 0 Å². The van der Waals surface area contributed by atoms with Crippen LogP contribution < -0.4 is 0 Å². The summed E-state index contributed by atoms with van der Waals surface area (Å²) in [7, 11) is 0. The van der Waals surface area contributed by atoms with Crippen LogP contribution in [0.15, 0.2) is 85.5 Å². The zero-order valence-corrected chi connectivity index (χ0v) is 14.4. The summed E-state index contributed by atoms with van der Waals surface area (Å²) in [5.74, 6) is 0. The Morgan fingerprint density at radius 3 is 1.65 bits per heavy atom. The summed E-state index contributed by atoms with van der Waals surface area (Å²) in [5, 5.41) is 2.25. The van der Waals surface area contributed by atoms with Crippen molar-refractivity contribution in [1.82, 2.24) is 14.5 Å². The SMILES string of the molecule is Cc1ccc(-c2ccc(-n3c4ccncc4c4cnccc43)cc2)cc1. The zero-order valence-electron chi connectivity index (χ0n) is 14.4. The Kier molecular flexibility index (Phi) is 3.32. The van der Waals surface area contributed by atoms with Crippen LogP contribution in [-0.4, -0.2) is 14.5 Å². The first kappa shape index (κ1) is 14.8. The summed E-state index contributed by atoms with van der Waals surface area (Å²) in [6.07, 6.45) is 7.50. The minimum Gasteiger partial charge on any atom is -0.309 e. The van der Waals surface area contributed by atoms with Crippen molar-refractivity contribution >= 4 is 21.8 Å². The lowest BCUT2D eigenvalue weighted by atomic mass is 10.0. The fourth-order valence-electron chi connectivity index (χ4n) is 3.54. The topological polar surface area (TPSA) is 30.7 Å². The Balaban J connectivity index is 1.69. The van der Waals surface area contributed by atoms with Crippen LogP contribution >= 0.6 is 0 Å². The molecule has 0 N–H and O–H groups in total. The molecule has 0 saturated heterocycles. The van der Waals surface area contributed by atoms with Crippen LogP contribution in [0.4, 0.5) is 0 Å². The molecule has 0 fully saturated rings. The van der Waals surface area contributed by atoms with Crippen LogP contribution in [0.3, 0.4) is 0 Å². The molecule has 0 bridgehead atoms. The van der Waals surface area contributed by atoms with E-state index in [4.69, 9.17) is 0 Å². The first-order valence-corrected chi connectivity index (χ1v) is 8.67. The molecule has 0 aliphatic carbocycles. The number of rotatable bonds is 2. The smallest absolute Gasteiger partial charge is 0.0572 e. The molecule has 0 aliphatic rings. The number of aromatic nitrogens is 3. The monoisotopic (exact) mass is 335 g/mol. The highest BCUT2D eigenvalue weighted by molar-refractivity contribution is 6.08. The van der Waals surface area contributed by atoms with Gasteiger partial charge in [-0.1, -0.05) is 42.0 Å². The quantitative estimate of drug-likeness (QED) is 0.423. The highest BCUT2D eigenvalue weighted by Crippen LogP contribution is 2.31. The van der Waals surface area contributed by atoms with Crippen molar-refractivity contribution in [3.8, 4) is 16.8 Å². The second-order valence-corrected chi connectivity index (χ2v) is 6.53. The number of benzene rings is 2. The van der Waals surface area contributed by atoms with Gasteiger partial charge in [-0.3, -0.25) is 9.97 Å². The van der Waals surface area contributed by atoms with E-state index in [9.17, 15) is 0 Å². The molecule has 3 aromatic heterocycles. The Bertz CT molecular complexity index is 1160. The van der Waals surface area contributed by atoms with E-state index in [1.807, 2.05) is 24.8 Å². The van der Waals surface area contributed by atoms with Gasteiger partial charge < -0.3 is 4.57 Å². The average Bonchev–Trinajstić information content (AvgIpc) is 3.03. The predicted molar refractivity (Wildman–Crippen MR) is 107 cm³/mol. The molecule has 0 saturated carbocycles. The third kappa shape index (κ3) is 2.29. The van der Waals surface area contributed by atoms with Gasteiger partial charge >= 0.3 is 0 Å². The largest absolute Gasteiger partial charge is 0.309 e. The lowest BCUT2D eigenvalue weighted by Crippen LogP contribution is -1.93. The summed E-state index contributed by atoms with van der Waals surface area (Å²) < 4.78 is 2.27. The zero-order chi connectivity index (χ0) is 17.5. The summed E-state index contributed by atoms with van der Waals surface area (Å²) in [6.45, 7) is 2.11. The normalized spacial score (nSPS) is 11.3. The first-order chi connectivity index (χ1) is 12.8. The van der Waals surface area contributed by atoms with Gasteiger partial charge in [0.15, 0.2) is 0 Å². The number of pyridine rings is 2. The maximum absolute atomic E-state index is 4.29. The van der Waals surface area contributed by atoms with Crippen molar-refractivity contribution in [3.63, 3.8) is 0 Å². The Morgan fingerprint density at radius 2 is 1.12 bits per heavy atom. The number of fused-ring (bicyclic) bond motifs is 3. The predicted octanol–water partition coefficient (Wildman–Crippen LogP) is 5.55. The molecule has 0 unspecified atom stereocenters. The van der Waals surface area contributed by atoms with Crippen molar-refractivity contribution in [2.75, 3.05) is 0 Å². The molecule has 0 amide bonds. The average molecular weight is 335 g/mol. The van der Waals surface area contributed by atoms with Gasteiger partial charge in [0.2, 0.25) is 0 Å². The van der Waals surface area contributed by atoms with E-state index < -0.39 is 0 Å². The molecule has 124 valence electrons. The highest BCUT2D eigenvalue weighted by Gasteiger charge is 2.12. The summed E-state index contributed by atoms with van der Waals surface area (Å²) in [6, 6.07) is 21.5. The van der Waals surface area contributed by atoms with E-state index in [0.717, 1.165) is 27.5 Å². The maximum Gasteiger partial charge on any atom is 0.0572 e. The summed E-state index contributed by atoms with van der Waals surface area (Å²) in [4.78, 5) is 8.58. The van der Waals surface area contributed by atoms with Gasteiger partial charge in [0.05, 0.1) is 11.0 Å².